The summed E-state index contributed by atoms with van der Waals surface area (Å²) in [6.45, 7) is 0.00731. The van der Waals surface area contributed by atoms with Gasteiger partial charge >= 0.3 is 5.97 Å². The van der Waals surface area contributed by atoms with E-state index in [0.29, 0.717) is 11.2 Å². The van der Waals surface area contributed by atoms with E-state index in [9.17, 15) is 19.5 Å². The van der Waals surface area contributed by atoms with E-state index in [1.54, 1.807) is 36.9 Å². The highest BCUT2D eigenvalue weighted by atomic mass is 79.9. The molecule has 28 heavy (non-hydrogen) atoms. The van der Waals surface area contributed by atoms with Crippen molar-refractivity contribution >= 4 is 44.5 Å². The number of benzene rings is 1. The molecule has 0 saturated heterocycles. The Kier molecular flexibility index (Phi) is 6.23. The van der Waals surface area contributed by atoms with Gasteiger partial charge in [-0.2, -0.15) is 0 Å². The van der Waals surface area contributed by atoms with Crippen molar-refractivity contribution in [3.63, 3.8) is 0 Å². The first kappa shape index (κ1) is 20.6. The first-order valence-corrected chi connectivity index (χ1v) is 10.7. The Hall–Kier alpha value is -2.15. The van der Waals surface area contributed by atoms with Gasteiger partial charge in [-0.05, 0) is 36.5 Å². The molecular formula is C21H25BrN2O4. The number of alkyl halides is 1. The van der Waals surface area contributed by atoms with Gasteiger partial charge < -0.3 is 14.6 Å². The van der Waals surface area contributed by atoms with Gasteiger partial charge in [-0.3, -0.25) is 9.59 Å². The average Bonchev–Trinajstić information content (AvgIpc) is 3.01. The van der Waals surface area contributed by atoms with Crippen LogP contribution < -0.4 is 0 Å². The third kappa shape index (κ3) is 3.85. The van der Waals surface area contributed by atoms with Crippen LogP contribution in [0.3, 0.4) is 0 Å². The van der Waals surface area contributed by atoms with Gasteiger partial charge in [0.25, 0.3) is 0 Å². The monoisotopic (exact) mass is 448 g/mol. The van der Waals surface area contributed by atoms with Gasteiger partial charge in [0.15, 0.2) is 5.78 Å². The molecule has 150 valence electrons. The van der Waals surface area contributed by atoms with E-state index >= 15 is 0 Å². The number of carbonyl (C=O) groups is 3. The van der Waals surface area contributed by atoms with Crippen molar-refractivity contribution in [2.75, 3.05) is 19.4 Å². The summed E-state index contributed by atoms with van der Waals surface area (Å²) in [7, 11) is 3.34. The molecule has 3 rings (SSSR count). The highest BCUT2D eigenvalue weighted by molar-refractivity contribution is 9.09. The van der Waals surface area contributed by atoms with Gasteiger partial charge in [0.1, 0.15) is 6.54 Å². The van der Waals surface area contributed by atoms with Crippen LogP contribution in [0, 0.1) is 0 Å². The lowest BCUT2D eigenvalue weighted by Crippen LogP contribution is -2.28. The van der Waals surface area contributed by atoms with Crippen LogP contribution in [-0.2, 0) is 11.3 Å². The van der Waals surface area contributed by atoms with Crippen LogP contribution >= 0.6 is 15.9 Å². The number of fused-ring (bicyclic) bond motifs is 1. The molecule has 2 aromatic rings. The number of carboxylic acids is 1. The SMILES string of the molecule is CN(C)C(=O)Cn1c(C(=O)CBr)c(C2CCCCC2)c2ccc(C(=O)O)cc21. The van der Waals surface area contributed by atoms with Crippen LogP contribution in [0.2, 0.25) is 0 Å². The first-order valence-electron chi connectivity index (χ1n) is 9.54. The zero-order chi connectivity index (χ0) is 20.4. The Balaban J connectivity index is 2.30. The van der Waals surface area contributed by atoms with Gasteiger partial charge in [0.2, 0.25) is 5.91 Å². The van der Waals surface area contributed by atoms with Crippen molar-refractivity contribution in [1.29, 1.82) is 0 Å². The van der Waals surface area contributed by atoms with Gasteiger partial charge in [0, 0.05) is 19.5 Å². The van der Waals surface area contributed by atoms with Gasteiger partial charge in [-0.1, -0.05) is 41.3 Å². The third-order valence-corrected chi connectivity index (χ3v) is 6.05. The zero-order valence-corrected chi connectivity index (χ0v) is 17.8. The molecule has 0 atom stereocenters. The number of halogens is 1. The molecule has 1 saturated carbocycles. The highest BCUT2D eigenvalue weighted by Gasteiger charge is 2.29. The quantitative estimate of drug-likeness (QED) is 0.533. The average molecular weight is 449 g/mol. The highest BCUT2D eigenvalue weighted by Crippen LogP contribution is 2.40. The molecule has 1 aromatic heterocycles. The first-order chi connectivity index (χ1) is 13.3. The molecule has 1 aromatic carbocycles. The summed E-state index contributed by atoms with van der Waals surface area (Å²) < 4.78 is 1.72. The Morgan fingerprint density at radius 3 is 2.43 bits per heavy atom. The normalized spacial score (nSPS) is 15.0. The predicted molar refractivity (Wildman–Crippen MR) is 112 cm³/mol. The zero-order valence-electron chi connectivity index (χ0n) is 16.2. The number of aromatic nitrogens is 1. The van der Waals surface area contributed by atoms with Crippen molar-refractivity contribution in [3.05, 3.63) is 35.0 Å². The van der Waals surface area contributed by atoms with Crippen molar-refractivity contribution in [2.24, 2.45) is 0 Å². The molecule has 1 heterocycles. The summed E-state index contributed by atoms with van der Waals surface area (Å²) >= 11 is 3.28. The number of ketones is 1. The molecule has 1 fully saturated rings. The minimum Gasteiger partial charge on any atom is -0.478 e. The van der Waals surface area contributed by atoms with Gasteiger partial charge in [-0.15, -0.1) is 0 Å². The predicted octanol–water partition coefficient (Wildman–Crippen LogP) is 4.05. The Bertz CT molecular complexity index is 926. The smallest absolute Gasteiger partial charge is 0.335 e. The van der Waals surface area contributed by atoms with E-state index in [2.05, 4.69) is 15.9 Å². The summed E-state index contributed by atoms with van der Waals surface area (Å²) in [6, 6.07) is 4.96. The number of aromatic carboxylic acids is 1. The van der Waals surface area contributed by atoms with Crippen LogP contribution in [0.1, 0.15) is 64.4 Å². The largest absolute Gasteiger partial charge is 0.478 e. The number of nitrogens with zero attached hydrogens (tertiary/aromatic N) is 2. The molecule has 0 spiro atoms. The van der Waals surface area contributed by atoms with Crippen LogP contribution in [-0.4, -0.2) is 51.7 Å². The maximum Gasteiger partial charge on any atom is 0.335 e. The van der Waals surface area contributed by atoms with E-state index in [-0.39, 0.29) is 35.0 Å². The standard InChI is InChI=1S/C21H25BrN2O4/c1-23(2)18(26)12-24-16-10-14(21(27)28)8-9-15(16)19(20(24)17(25)11-22)13-6-4-3-5-7-13/h8-10,13H,3-7,11-12H2,1-2H3,(H,27,28). The summed E-state index contributed by atoms with van der Waals surface area (Å²) in [5, 5.41) is 10.5. The number of hydrogen-bond donors (Lipinski definition) is 1. The van der Waals surface area contributed by atoms with Crippen molar-refractivity contribution in [3.8, 4) is 0 Å². The molecule has 1 amide bonds. The number of rotatable bonds is 6. The van der Waals surface area contributed by atoms with Crippen LogP contribution in [0.15, 0.2) is 18.2 Å². The second kappa shape index (κ2) is 8.47. The number of likely N-dealkylation sites (N-methyl/N-ethyl adjacent to an activating group) is 1. The van der Waals surface area contributed by atoms with Crippen LogP contribution in [0.4, 0.5) is 0 Å². The van der Waals surface area contributed by atoms with E-state index in [1.807, 2.05) is 0 Å². The maximum absolute atomic E-state index is 12.9. The fourth-order valence-electron chi connectivity index (χ4n) is 4.12. The summed E-state index contributed by atoms with van der Waals surface area (Å²) in [5.41, 5.74) is 2.30. The Morgan fingerprint density at radius 2 is 1.86 bits per heavy atom. The second-order valence-corrected chi connectivity index (χ2v) is 8.13. The lowest BCUT2D eigenvalue weighted by molar-refractivity contribution is -0.129. The van der Waals surface area contributed by atoms with Crippen LogP contribution in [0.5, 0.6) is 0 Å². The molecule has 1 aliphatic carbocycles. The lowest BCUT2D eigenvalue weighted by atomic mass is 9.82. The van der Waals surface area contributed by atoms with Gasteiger partial charge in [0.05, 0.1) is 22.1 Å². The molecule has 0 unspecified atom stereocenters. The number of Topliss-reactive ketones (excluding diaryl/α,β-unsaturated/α-hetero) is 1. The Labute approximate surface area is 172 Å². The maximum atomic E-state index is 12.9. The Morgan fingerprint density at radius 1 is 1.18 bits per heavy atom. The van der Waals surface area contributed by atoms with Crippen LogP contribution in [0.25, 0.3) is 10.9 Å². The summed E-state index contributed by atoms with van der Waals surface area (Å²) in [5.74, 6) is -1.00. The second-order valence-electron chi connectivity index (χ2n) is 7.57. The molecule has 7 heteroatoms. The molecule has 1 N–H and O–H groups in total. The molecular weight excluding hydrogens is 424 g/mol. The van der Waals surface area contributed by atoms with E-state index in [4.69, 9.17) is 0 Å². The van der Waals surface area contributed by atoms with E-state index in [1.165, 1.54) is 11.3 Å². The van der Waals surface area contributed by atoms with E-state index in [0.717, 1.165) is 36.6 Å². The lowest BCUT2D eigenvalue weighted by Gasteiger charge is -2.23. The molecule has 0 radical (unpaired) electrons. The topological polar surface area (TPSA) is 79.6 Å². The summed E-state index contributed by atoms with van der Waals surface area (Å²) in [4.78, 5) is 38.4. The third-order valence-electron chi connectivity index (χ3n) is 5.54. The van der Waals surface area contributed by atoms with Crippen molar-refractivity contribution in [2.45, 2.75) is 44.6 Å². The number of amides is 1. The van der Waals surface area contributed by atoms with Crippen molar-refractivity contribution < 1.29 is 19.5 Å². The van der Waals surface area contributed by atoms with Gasteiger partial charge in [-0.25, -0.2) is 4.79 Å². The minimum atomic E-state index is -1.03. The molecule has 0 bridgehead atoms. The number of carboxylic acid groups (broad SMARTS) is 1. The molecule has 6 nitrogen and oxygen atoms in total. The number of hydrogen-bond acceptors (Lipinski definition) is 3. The molecule has 0 aliphatic heterocycles. The van der Waals surface area contributed by atoms with E-state index < -0.39 is 5.97 Å². The van der Waals surface area contributed by atoms with Crippen molar-refractivity contribution in [1.82, 2.24) is 9.47 Å². The fourth-order valence-corrected chi connectivity index (χ4v) is 4.38. The fraction of sp³-hybridized carbons (Fsp3) is 0.476. The minimum absolute atomic E-state index is 0.00731. The summed E-state index contributed by atoms with van der Waals surface area (Å²) in [6.07, 6.45) is 5.43. The molecule has 1 aliphatic rings. The number of carbonyl (C=O) groups excluding carboxylic acids is 2.